The van der Waals surface area contributed by atoms with Gasteiger partial charge in [-0.25, -0.2) is 0 Å². The lowest BCUT2D eigenvalue weighted by Crippen LogP contribution is -2.44. The van der Waals surface area contributed by atoms with Crippen molar-refractivity contribution in [3.05, 3.63) is 38.9 Å². The molecule has 1 aromatic carbocycles. The number of nitro benzene ring substituents is 1. The van der Waals surface area contributed by atoms with E-state index in [0.717, 1.165) is 6.42 Å². The highest BCUT2D eigenvalue weighted by molar-refractivity contribution is 6.30. The minimum atomic E-state index is -0.453. The molecule has 5 nitrogen and oxygen atoms in total. The summed E-state index contributed by atoms with van der Waals surface area (Å²) in [5, 5.41) is 23.6. The van der Waals surface area contributed by atoms with Gasteiger partial charge in [0, 0.05) is 28.7 Å². The van der Waals surface area contributed by atoms with Gasteiger partial charge in [0.2, 0.25) is 0 Å². The monoisotopic (exact) mass is 272 g/mol. The zero-order chi connectivity index (χ0) is 13.8. The molecule has 6 heteroatoms. The average Bonchev–Trinajstić information content (AvgIpc) is 2.36. The Morgan fingerprint density at radius 2 is 2.22 bits per heavy atom. The molecule has 100 valence electrons. The van der Waals surface area contributed by atoms with E-state index < -0.39 is 10.5 Å². The number of hydrogen-bond donors (Lipinski definition) is 2. The normalized spacial score (nSPS) is 14.2. The van der Waals surface area contributed by atoms with Crippen LogP contribution in [0.1, 0.15) is 25.8 Å². The van der Waals surface area contributed by atoms with E-state index in [1.54, 1.807) is 12.1 Å². The SMILES string of the molecule is CCC(C)(CO)NCc1ccc(Cl)cc1[N+](=O)[O-]. The fourth-order valence-electron chi connectivity index (χ4n) is 1.46. The summed E-state index contributed by atoms with van der Waals surface area (Å²) in [6, 6.07) is 4.58. The summed E-state index contributed by atoms with van der Waals surface area (Å²) in [7, 11) is 0. The number of aliphatic hydroxyl groups excluding tert-OH is 1. The van der Waals surface area contributed by atoms with Gasteiger partial charge in [0.1, 0.15) is 0 Å². The summed E-state index contributed by atoms with van der Waals surface area (Å²) in [6.45, 7) is 4.11. The molecule has 18 heavy (non-hydrogen) atoms. The van der Waals surface area contributed by atoms with E-state index >= 15 is 0 Å². The summed E-state index contributed by atoms with van der Waals surface area (Å²) >= 11 is 5.74. The number of nitro groups is 1. The molecule has 0 aliphatic rings. The molecule has 0 aromatic heterocycles. The molecule has 1 unspecified atom stereocenters. The van der Waals surface area contributed by atoms with Crippen LogP contribution in [0.5, 0.6) is 0 Å². The molecule has 0 bridgehead atoms. The van der Waals surface area contributed by atoms with Crippen molar-refractivity contribution in [3.8, 4) is 0 Å². The number of aliphatic hydroxyl groups is 1. The Balaban J connectivity index is 2.88. The fraction of sp³-hybridized carbons (Fsp3) is 0.500. The molecule has 0 aliphatic carbocycles. The molecule has 2 N–H and O–H groups in total. The van der Waals surface area contributed by atoms with Crippen molar-refractivity contribution in [1.29, 1.82) is 0 Å². The predicted octanol–water partition coefficient (Wildman–Crippen LogP) is 2.50. The van der Waals surface area contributed by atoms with Gasteiger partial charge in [-0.05, 0) is 25.5 Å². The molecule has 0 radical (unpaired) electrons. The summed E-state index contributed by atoms with van der Waals surface area (Å²) in [5.74, 6) is 0. The van der Waals surface area contributed by atoms with Gasteiger partial charge in [0.25, 0.3) is 5.69 Å². The van der Waals surface area contributed by atoms with Gasteiger partial charge in [-0.2, -0.15) is 0 Å². The number of halogens is 1. The number of nitrogens with zero attached hydrogens (tertiary/aromatic N) is 1. The minimum absolute atomic E-state index is 0.00797. The number of benzene rings is 1. The third kappa shape index (κ3) is 3.66. The maximum atomic E-state index is 10.9. The number of rotatable bonds is 6. The third-order valence-electron chi connectivity index (χ3n) is 3.08. The van der Waals surface area contributed by atoms with Crippen LogP contribution in [-0.4, -0.2) is 22.2 Å². The molecule has 1 aromatic rings. The fourth-order valence-corrected chi connectivity index (χ4v) is 1.62. The summed E-state index contributed by atoms with van der Waals surface area (Å²) < 4.78 is 0. The van der Waals surface area contributed by atoms with Crippen LogP contribution in [0.3, 0.4) is 0 Å². The molecule has 0 saturated carbocycles. The standard InChI is InChI=1S/C12H17ClN2O3/c1-3-12(2,8-16)14-7-9-4-5-10(13)6-11(9)15(17)18/h4-6,14,16H,3,7-8H2,1-2H3. The van der Waals surface area contributed by atoms with E-state index in [4.69, 9.17) is 11.6 Å². The van der Waals surface area contributed by atoms with Crippen molar-refractivity contribution in [2.45, 2.75) is 32.4 Å². The van der Waals surface area contributed by atoms with E-state index in [1.807, 2.05) is 13.8 Å². The molecule has 0 aliphatic heterocycles. The molecule has 0 fully saturated rings. The lowest BCUT2D eigenvalue weighted by molar-refractivity contribution is -0.385. The first-order valence-corrected chi connectivity index (χ1v) is 6.08. The quantitative estimate of drug-likeness (QED) is 0.616. The van der Waals surface area contributed by atoms with Gasteiger partial charge in [0.15, 0.2) is 0 Å². The Morgan fingerprint density at radius 3 is 2.72 bits per heavy atom. The van der Waals surface area contributed by atoms with Gasteiger partial charge in [-0.1, -0.05) is 18.5 Å². The molecule has 0 spiro atoms. The molecule has 0 saturated heterocycles. The van der Waals surface area contributed by atoms with Crippen LogP contribution in [-0.2, 0) is 6.54 Å². The summed E-state index contributed by atoms with van der Waals surface area (Å²) in [6.07, 6.45) is 0.727. The second-order valence-electron chi connectivity index (χ2n) is 4.46. The topological polar surface area (TPSA) is 75.4 Å². The molecule has 0 amide bonds. The Labute approximate surface area is 111 Å². The Morgan fingerprint density at radius 1 is 1.56 bits per heavy atom. The third-order valence-corrected chi connectivity index (χ3v) is 3.31. The molecule has 1 atom stereocenters. The number of nitrogens with one attached hydrogen (secondary N) is 1. The van der Waals surface area contributed by atoms with Crippen molar-refractivity contribution < 1.29 is 10.0 Å². The van der Waals surface area contributed by atoms with Gasteiger partial charge < -0.3 is 10.4 Å². The van der Waals surface area contributed by atoms with Crippen LogP contribution in [0.2, 0.25) is 5.02 Å². The smallest absolute Gasteiger partial charge is 0.275 e. The Hall–Kier alpha value is -1.17. The Bertz CT molecular complexity index is 433. The second kappa shape index (κ2) is 6.13. The second-order valence-corrected chi connectivity index (χ2v) is 4.89. The van der Waals surface area contributed by atoms with Crippen LogP contribution >= 0.6 is 11.6 Å². The van der Waals surface area contributed by atoms with E-state index in [-0.39, 0.29) is 12.3 Å². The maximum absolute atomic E-state index is 10.9. The van der Waals surface area contributed by atoms with Gasteiger partial charge in [-0.15, -0.1) is 0 Å². The zero-order valence-electron chi connectivity index (χ0n) is 10.4. The highest BCUT2D eigenvalue weighted by Gasteiger charge is 2.22. The van der Waals surface area contributed by atoms with Crippen LogP contribution in [0, 0.1) is 10.1 Å². The lowest BCUT2D eigenvalue weighted by atomic mass is 9.99. The van der Waals surface area contributed by atoms with E-state index in [0.29, 0.717) is 17.1 Å². The van der Waals surface area contributed by atoms with Crippen molar-refractivity contribution in [2.24, 2.45) is 0 Å². The van der Waals surface area contributed by atoms with E-state index in [1.165, 1.54) is 6.07 Å². The van der Waals surface area contributed by atoms with E-state index in [9.17, 15) is 15.2 Å². The molecule has 0 heterocycles. The van der Waals surface area contributed by atoms with Crippen LogP contribution in [0.15, 0.2) is 18.2 Å². The van der Waals surface area contributed by atoms with Gasteiger partial charge in [-0.3, -0.25) is 10.1 Å². The van der Waals surface area contributed by atoms with Crippen LogP contribution < -0.4 is 5.32 Å². The Kier molecular flexibility index (Phi) is 5.07. The highest BCUT2D eigenvalue weighted by Crippen LogP contribution is 2.23. The zero-order valence-corrected chi connectivity index (χ0v) is 11.2. The first-order chi connectivity index (χ1) is 8.41. The minimum Gasteiger partial charge on any atom is -0.394 e. The number of hydrogen-bond acceptors (Lipinski definition) is 4. The van der Waals surface area contributed by atoms with Crippen LogP contribution in [0.25, 0.3) is 0 Å². The summed E-state index contributed by atoms with van der Waals surface area (Å²) in [4.78, 5) is 10.5. The first kappa shape index (κ1) is 14.9. The van der Waals surface area contributed by atoms with Crippen molar-refractivity contribution in [3.63, 3.8) is 0 Å². The van der Waals surface area contributed by atoms with Crippen molar-refractivity contribution >= 4 is 17.3 Å². The molecule has 1 rings (SSSR count). The molecular formula is C12H17ClN2O3. The maximum Gasteiger partial charge on any atom is 0.275 e. The molecular weight excluding hydrogens is 256 g/mol. The van der Waals surface area contributed by atoms with Crippen molar-refractivity contribution in [2.75, 3.05) is 6.61 Å². The predicted molar refractivity (Wildman–Crippen MR) is 70.7 cm³/mol. The largest absolute Gasteiger partial charge is 0.394 e. The summed E-state index contributed by atoms with van der Waals surface area (Å²) in [5.41, 5.74) is 0.108. The lowest BCUT2D eigenvalue weighted by Gasteiger charge is -2.27. The van der Waals surface area contributed by atoms with E-state index in [2.05, 4.69) is 5.32 Å². The highest BCUT2D eigenvalue weighted by atomic mass is 35.5. The average molecular weight is 273 g/mol. The van der Waals surface area contributed by atoms with Gasteiger partial charge >= 0.3 is 0 Å². The van der Waals surface area contributed by atoms with Crippen molar-refractivity contribution in [1.82, 2.24) is 5.32 Å². The van der Waals surface area contributed by atoms with Gasteiger partial charge in [0.05, 0.1) is 11.5 Å². The first-order valence-electron chi connectivity index (χ1n) is 5.70. The van der Waals surface area contributed by atoms with Crippen LogP contribution in [0.4, 0.5) is 5.69 Å².